The SMILES string of the molecule is CCCNc1cc(S(=O)(=O)NC2CC2)ccc1[N+](=O)[O-]. The molecule has 0 unspecified atom stereocenters. The van der Waals surface area contributed by atoms with E-state index in [4.69, 9.17) is 0 Å². The van der Waals surface area contributed by atoms with Crippen molar-refractivity contribution >= 4 is 21.4 Å². The minimum Gasteiger partial charge on any atom is -0.379 e. The number of nitro groups is 1. The number of nitrogens with one attached hydrogen (secondary N) is 2. The van der Waals surface area contributed by atoms with E-state index in [0.717, 1.165) is 19.3 Å². The van der Waals surface area contributed by atoms with E-state index < -0.39 is 14.9 Å². The maximum absolute atomic E-state index is 12.1. The summed E-state index contributed by atoms with van der Waals surface area (Å²) in [5.41, 5.74) is 0.111. The van der Waals surface area contributed by atoms with Crippen LogP contribution in [-0.4, -0.2) is 25.9 Å². The van der Waals surface area contributed by atoms with Crippen LogP contribution in [0.15, 0.2) is 23.1 Å². The number of hydrogen-bond acceptors (Lipinski definition) is 5. The lowest BCUT2D eigenvalue weighted by molar-refractivity contribution is -0.384. The Morgan fingerprint density at radius 1 is 1.40 bits per heavy atom. The Balaban J connectivity index is 2.32. The summed E-state index contributed by atoms with van der Waals surface area (Å²) in [7, 11) is -3.60. The molecule has 0 saturated heterocycles. The Morgan fingerprint density at radius 3 is 2.65 bits per heavy atom. The van der Waals surface area contributed by atoms with E-state index in [1.165, 1.54) is 18.2 Å². The van der Waals surface area contributed by atoms with E-state index in [1.807, 2.05) is 6.92 Å². The van der Waals surface area contributed by atoms with Crippen molar-refractivity contribution in [2.24, 2.45) is 0 Å². The van der Waals surface area contributed by atoms with Crippen LogP contribution in [-0.2, 0) is 10.0 Å². The lowest BCUT2D eigenvalue weighted by Crippen LogP contribution is -2.25. The van der Waals surface area contributed by atoms with Crippen molar-refractivity contribution in [2.75, 3.05) is 11.9 Å². The van der Waals surface area contributed by atoms with Crippen molar-refractivity contribution in [1.82, 2.24) is 4.72 Å². The summed E-state index contributed by atoms with van der Waals surface area (Å²) in [5.74, 6) is 0. The first-order valence-electron chi connectivity index (χ1n) is 6.48. The summed E-state index contributed by atoms with van der Waals surface area (Å²) in [4.78, 5) is 10.5. The topological polar surface area (TPSA) is 101 Å². The maximum atomic E-state index is 12.1. The molecule has 110 valence electrons. The van der Waals surface area contributed by atoms with Gasteiger partial charge in [0.2, 0.25) is 10.0 Å². The van der Waals surface area contributed by atoms with Crippen molar-refractivity contribution in [3.8, 4) is 0 Å². The standard InChI is InChI=1S/C12H17N3O4S/c1-2-7-13-11-8-10(5-6-12(11)15(16)17)20(18,19)14-9-3-4-9/h5-6,8-9,13-14H,2-4,7H2,1H3. The fraction of sp³-hybridized carbons (Fsp3) is 0.500. The van der Waals surface area contributed by atoms with E-state index in [-0.39, 0.29) is 22.3 Å². The molecule has 0 heterocycles. The number of nitro benzene ring substituents is 1. The second-order valence-electron chi connectivity index (χ2n) is 4.76. The van der Waals surface area contributed by atoms with Crippen molar-refractivity contribution in [2.45, 2.75) is 37.1 Å². The molecule has 0 atom stereocenters. The fourth-order valence-electron chi connectivity index (χ4n) is 1.73. The lowest BCUT2D eigenvalue weighted by atomic mass is 10.2. The summed E-state index contributed by atoms with van der Waals surface area (Å²) < 4.78 is 26.7. The highest BCUT2D eigenvalue weighted by molar-refractivity contribution is 7.89. The van der Waals surface area contributed by atoms with E-state index in [1.54, 1.807) is 0 Å². The van der Waals surface area contributed by atoms with Gasteiger partial charge in [0, 0.05) is 18.7 Å². The highest BCUT2D eigenvalue weighted by atomic mass is 32.2. The predicted molar refractivity (Wildman–Crippen MR) is 75.2 cm³/mol. The third-order valence-electron chi connectivity index (χ3n) is 2.94. The van der Waals surface area contributed by atoms with Gasteiger partial charge in [-0.25, -0.2) is 13.1 Å². The number of rotatable bonds is 7. The van der Waals surface area contributed by atoms with Gasteiger partial charge < -0.3 is 5.32 Å². The molecule has 1 aliphatic rings. The summed E-state index contributed by atoms with van der Waals surface area (Å²) in [6, 6.07) is 3.81. The molecular weight excluding hydrogens is 282 g/mol. The third-order valence-corrected chi connectivity index (χ3v) is 4.46. The molecule has 2 N–H and O–H groups in total. The molecule has 0 radical (unpaired) electrons. The van der Waals surface area contributed by atoms with Gasteiger partial charge in [0.1, 0.15) is 5.69 Å². The predicted octanol–water partition coefficient (Wildman–Crippen LogP) is 1.86. The fourth-order valence-corrected chi connectivity index (χ4v) is 3.06. The summed E-state index contributed by atoms with van der Waals surface area (Å²) in [6.07, 6.45) is 2.47. The molecule has 0 spiro atoms. The Hall–Kier alpha value is -1.67. The van der Waals surface area contributed by atoms with Crippen molar-refractivity contribution in [3.05, 3.63) is 28.3 Å². The molecule has 1 aliphatic carbocycles. The molecule has 0 bridgehead atoms. The lowest BCUT2D eigenvalue weighted by Gasteiger charge is -2.09. The zero-order valence-electron chi connectivity index (χ0n) is 11.1. The van der Waals surface area contributed by atoms with Gasteiger partial charge >= 0.3 is 0 Å². The van der Waals surface area contributed by atoms with Crippen LogP contribution in [0.1, 0.15) is 26.2 Å². The summed E-state index contributed by atoms with van der Waals surface area (Å²) in [5, 5.41) is 13.8. The van der Waals surface area contributed by atoms with Gasteiger partial charge in [-0.05, 0) is 31.4 Å². The molecule has 1 aromatic rings. The average molecular weight is 299 g/mol. The number of nitrogens with zero attached hydrogens (tertiary/aromatic N) is 1. The van der Waals surface area contributed by atoms with Crippen molar-refractivity contribution < 1.29 is 13.3 Å². The van der Waals surface area contributed by atoms with Crippen LogP contribution in [0, 0.1) is 10.1 Å². The van der Waals surface area contributed by atoms with E-state index in [9.17, 15) is 18.5 Å². The van der Waals surface area contributed by atoms with Gasteiger partial charge in [-0.1, -0.05) is 6.92 Å². The number of anilines is 1. The van der Waals surface area contributed by atoms with E-state index in [2.05, 4.69) is 10.0 Å². The highest BCUT2D eigenvalue weighted by Crippen LogP contribution is 2.29. The number of hydrogen-bond donors (Lipinski definition) is 2. The Kier molecular flexibility index (Phi) is 4.24. The molecule has 2 rings (SSSR count). The van der Waals surface area contributed by atoms with Crippen LogP contribution in [0.4, 0.5) is 11.4 Å². The Morgan fingerprint density at radius 2 is 2.10 bits per heavy atom. The zero-order chi connectivity index (χ0) is 14.8. The van der Waals surface area contributed by atoms with Crippen molar-refractivity contribution in [3.63, 3.8) is 0 Å². The molecule has 1 saturated carbocycles. The maximum Gasteiger partial charge on any atom is 0.292 e. The largest absolute Gasteiger partial charge is 0.379 e. The van der Waals surface area contributed by atoms with Gasteiger partial charge in [-0.15, -0.1) is 0 Å². The minimum absolute atomic E-state index is 0.00208. The van der Waals surface area contributed by atoms with Gasteiger partial charge in [-0.2, -0.15) is 0 Å². The van der Waals surface area contributed by atoms with Crippen LogP contribution in [0.25, 0.3) is 0 Å². The first-order valence-corrected chi connectivity index (χ1v) is 7.97. The third kappa shape index (κ3) is 3.45. The molecule has 0 aromatic heterocycles. The summed E-state index contributed by atoms with van der Waals surface area (Å²) >= 11 is 0. The van der Waals surface area contributed by atoms with Crippen LogP contribution in [0.2, 0.25) is 0 Å². The number of benzene rings is 1. The molecule has 0 aliphatic heterocycles. The molecule has 1 aromatic carbocycles. The van der Waals surface area contributed by atoms with E-state index in [0.29, 0.717) is 6.54 Å². The molecule has 7 nitrogen and oxygen atoms in total. The molecule has 0 amide bonds. The number of sulfonamides is 1. The van der Waals surface area contributed by atoms with Crippen LogP contribution in [0.3, 0.4) is 0 Å². The highest BCUT2D eigenvalue weighted by Gasteiger charge is 2.29. The van der Waals surface area contributed by atoms with Gasteiger partial charge in [-0.3, -0.25) is 10.1 Å². The van der Waals surface area contributed by atoms with Gasteiger partial charge in [0.05, 0.1) is 9.82 Å². The van der Waals surface area contributed by atoms with Crippen LogP contribution in [0.5, 0.6) is 0 Å². The zero-order valence-corrected chi connectivity index (χ0v) is 11.9. The smallest absolute Gasteiger partial charge is 0.292 e. The Labute approximate surface area is 117 Å². The van der Waals surface area contributed by atoms with E-state index >= 15 is 0 Å². The first-order chi connectivity index (χ1) is 9.44. The monoisotopic (exact) mass is 299 g/mol. The minimum atomic E-state index is -3.60. The van der Waals surface area contributed by atoms with Crippen LogP contribution >= 0.6 is 0 Å². The molecular formula is C12H17N3O4S. The average Bonchev–Trinajstić information content (AvgIpc) is 3.19. The van der Waals surface area contributed by atoms with Crippen LogP contribution < -0.4 is 10.0 Å². The van der Waals surface area contributed by atoms with Gasteiger partial charge in [0.25, 0.3) is 5.69 Å². The van der Waals surface area contributed by atoms with Crippen molar-refractivity contribution in [1.29, 1.82) is 0 Å². The summed E-state index contributed by atoms with van der Waals surface area (Å²) in [6.45, 7) is 2.47. The molecule has 20 heavy (non-hydrogen) atoms. The van der Waals surface area contributed by atoms with Gasteiger partial charge in [0.15, 0.2) is 0 Å². The normalized spacial score (nSPS) is 15.1. The second-order valence-corrected chi connectivity index (χ2v) is 6.47. The first kappa shape index (κ1) is 14.7. The molecule has 8 heteroatoms. The second kappa shape index (κ2) is 5.76. The molecule has 1 fully saturated rings. The quantitative estimate of drug-likeness (QED) is 0.591. The Bertz CT molecular complexity index is 611.